The summed E-state index contributed by atoms with van der Waals surface area (Å²) < 4.78 is 0. The highest BCUT2D eigenvalue weighted by Crippen LogP contribution is 2.23. The molecule has 1 aliphatic rings. The quantitative estimate of drug-likeness (QED) is 0.621. The smallest absolute Gasteiger partial charge is 0.0602 e. The van der Waals surface area contributed by atoms with Crippen LogP contribution in [-0.2, 0) is 0 Å². The summed E-state index contributed by atoms with van der Waals surface area (Å²) in [5, 5.41) is 18.6. The van der Waals surface area contributed by atoms with Crippen molar-refractivity contribution in [3.05, 3.63) is 23.8 Å². The van der Waals surface area contributed by atoms with Crippen molar-refractivity contribution in [3.8, 4) is 0 Å². The van der Waals surface area contributed by atoms with Crippen LogP contribution in [0.25, 0.3) is 0 Å². The van der Waals surface area contributed by atoms with Gasteiger partial charge in [0.25, 0.3) is 0 Å². The zero-order chi connectivity index (χ0) is 8.97. The van der Waals surface area contributed by atoms with Gasteiger partial charge in [0.1, 0.15) is 0 Å². The average molecular weight is 168 g/mol. The number of aliphatic hydroxyl groups is 2. The van der Waals surface area contributed by atoms with Crippen LogP contribution in [0.15, 0.2) is 23.8 Å². The molecule has 2 nitrogen and oxygen atoms in total. The van der Waals surface area contributed by atoms with E-state index < -0.39 is 0 Å². The molecule has 0 heterocycles. The number of hydrogen-bond acceptors (Lipinski definition) is 2. The molecule has 0 spiro atoms. The summed E-state index contributed by atoms with van der Waals surface area (Å²) in [6.07, 6.45) is 7.10. The third-order valence-corrected chi connectivity index (χ3v) is 2.06. The lowest BCUT2D eigenvalue weighted by Crippen LogP contribution is -2.24. The zero-order valence-electron chi connectivity index (χ0n) is 7.40. The van der Waals surface area contributed by atoms with E-state index in [-0.39, 0.29) is 12.2 Å². The maximum Gasteiger partial charge on any atom is 0.0602 e. The number of allylic oxidation sites excluding steroid dienone is 3. The second-order valence-electron chi connectivity index (χ2n) is 3.30. The standard InChI is InChI=1S/C10H16O2/c1-2-3-4-8-5-9(11)7-10(12)6-8/h2-4,9-12H,5-7H2,1H3. The van der Waals surface area contributed by atoms with Crippen molar-refractivity contribution in [1.29, 1.82) is 0 Å². The average Bonchev–Trinajstić information content (AvgIpc) is 1.99. The largest absolute Gasteiger partial charge is 0.393 e. The van der Waals surface area contributed by atoms with E-state index >= 15 is 0 Å². The molecule has 0 bridgehead atoms. The maximum absolute atomic E-state index is 9.32. The highest BCUT2D eigenvalue weighted by Gasteiger charge is 2.20. The Bertz CT molecular complexity index is 182. The molecule has 2 N–H and O–H groups in total. The molecule has 68 valence electrons. The van der Waals surface area contributed by atoms with Crippen LogP contribution >= 0.6 is 0 Å². The Hall–Kier alpha value is -0.600. The minimum absolute atomic E-state index is 0.356. The van der Waals surface area contributed by atoms with Crippen LogP contribution in [0.5, 0.6) is 0 Å². The Balaban J connectivity index is 2.54. The number of aliphatic hydroxyl groups excluding tert-OH is 2. The van der Waals surface area contributed by atoms with Gasteiger partial charge in [-0.2, -0.15) is 0 Å². The van der Waals surface area contributed by atoms with Gasteiger partial charge in [-0.3, -0.25) is 0 Å². The van der Waals surface area contributed by atoms with Crippen LogP contribution < -0.4 is 0 Å². The van der Waals surface area contributed by atoms with Gasteiger partial charge in [0.15, 0.2) is 0 Å². The van der Waals surface area contributed by atoms with Crippen LogP contribution in [0.2, 0.25) is 0 Å². The van der Waals surface area contributed by atoms with E-state index in [4.69, 9.17) is 0 Å². The second-order valence-corrected chi connectivity index (χ2v) is 3.30. The molecule has 0 saturated heterocycles. The Morgan fingerprint density at radius 2 is 1.83 bits per heavy atom. The summed E-state index contributed by atoms with van der Waals surface area (Å²) in [7, 11) is 0. The molecule has 2 atom stereocenters. The molecule has 0 aliphatic heterocycles. The molecular weight excluding hydrogens is 152 g/mol. The van der Waals surface area contributed by atoms with Gasteiger partial charge in [-0.1, -0.05) is 23.8 Å². The molecule has 2 heteroatoms. The summed E-state index contributed by atoms with van der Waals surface area (Å²) in [6, 6.07) is 0. The van der Waals surface area contributed by atoms with Gasteiger partial charge in [-0.15, -0.1) is 0 Å². The summed E-state index contributed by atoms with van der Waals surface area (Å²) in [6.45, 7) is 1.95. The summed E-state index contributed by atoms with van der Waals surface area (Å²) in [4.78, 5) is 0. The van der Waals surface area contributed by atoms with E-state index in [0.29, 0.717) is 19.3 Å². The number of hydrogen-bond donors (Lipinski definition) is 2. The Kier molecular flexibility index (Phi) is 3.50. The topological polar surface area (TPSA) is 40.5 Å². The molecule has 1 aliphatic carbocycles. The molecule has 0 amide bonds. The minimum Gasteiger partial charge on any atom is -0.393 e. The second kappa shape index (κ2) is 4.43. The van der Waals surface area contributed by atoms with Crippen LogP contribution in [0.1, 0.15) is 26.2 Å². The Labute approximate surface area is 73.2 Å². The van der Waals surface area contributed by atoms with Crippen molar-refractivity contribution in [2.45, 2.75) is 38.4 Å². The van der Waals surface area contributed by atoms with E-state index in [1.54, 1.807) is 0 Å². The first kappa shape index (κ1) is 9.49. The lowest BCUT2D eigenvalue weighted by molar-refractivity contribution is 0.0610. The molecule has 0 aromatic heterocycles. The normalized spacial score (nSPS) is 31.1. The molecule has 12 heavy (non-hydrogen) atoms. The van der Waals surface area contributed by atoms with E-state index in [2.05, 4.69) is 0 Å². The predicted octanol–water partition coefficient (Wildman–Crippen LogP) is 1.39. The lowest BCUT2D eigenvalue weighted by atomic mass is 9.90. The van der Waals surface area contributed by atoms with Gasteiger partial charge in [0.05, 0.1) is 12.2 Å². The van der Waals surface area contributed by atoms with Crippen molar-refractivity contribution in [1.82, 2.24) is 0 Å². The molecule has 0 aromatic rings. The van der Waals surface area contributed by atoms with Crippen LogP contribution in [-0.4, -0.2) is 22.4 Å². The number of rotatable bonds is 1. The monoisotopic (exact) mass is 168 g/mol. The van der Waals surface area contributed by atoms with Crippen LogP contribution in [0.3, 0.4) is 0 Å². The molecule has 1 rings (SSSR count). The summed E-state index contributed by atoms with van der Waals surface area (Å²) in [5.74, 6) is 0. The van der Waals surface area contributed by atoms with Gasteiger partial charge >= 0.3 is 0 Å². The molecule has 2 unspecified atom stereocenters. The van der Waals surface area contributed by atoms with Gasteiger partial charge in [-0.25, -0.2) is 0 Å². The molecule has 1 saturated carbocycles. The molecular formula is C10H16O2. The lowest BCUT2D eigenvalue weighted by Gasteiger charge is -2.24. The van der Waals surface area contributed by atoms with Gasteiger partial charge in [0.2, 0.25) is 0 Å². The molecule has 1 fully saturated rings. The van der Waals surface area contributed by atoms with Gasteiger partial charge in [0, 0.05) is 0 Å². The van der Waals surface area contributed by atoms with Crippen molar-refractivity contribution in [3.63, 3.8) is 0 Å². The highest BCUT2D eigenvalue weighted by molar-refractivity contribution is 5.15. The SMILES string of the molecule is CC=CC=C1CC(O)CC(O)C1. The van der Waals surface area contributed by atoms with E-state index in [0.717, 1.165) is 5.57 Å². The van der Waals surface area contributed by atoms with E-state index in [9.17, 15) is 10.2 Å². The van der Waals surface area contributed by atoms with Crippen LogP contribution in [0.4, 0.5) is 0 Å². The minimum atomic E-state index is -0.356. The predicted molar refractivity (Wildman–Crippen MR) is 48.8 cm³/mol. The summed E-state index contributed by atoms with van der Waals surface area (Å²) >= 11 is 0. The Morgan fingerprint density at radius 3 is 2.33 bits per heavy atom. The summed E-state index contributed by atoms with van der Waals surface area (Å²) in [5.41, 5.74) is 1.14. The van der Waals surface area contributed by atoms with Crippen molar-refractivity contribution in [2.75, 3.05) is 0 Å². The first-order valence-electron chi connectivity index (χ1n) is 4.39. The van der Waals surface area contributed by atoms with Gasteiger partial charge in [-0.05, 0) is 26.2 Å². The zero-order valence-corrected chi connectivity index (χ0v) is 7.40. The van der Waals surface area contributed by atoms with Gasteiger partial charge < -0.3 is 10.2 Å². The first-order valence-corrected chi connectivity index (χ1v) is 4.39. The fraction of sp³-hybridized carbons (Fsp3) is 0.600. The molecule has 0 radical (unpaired) electrons. The Morgan fingerprint density at radius 1 is 1.25 bits per heavy atom. The fourth-order valence-electron chi connectivity index (χ4n) is 1.54. The molecule has 0 aromatic carbocycles. The van der Waals surface area contributed by atoms with Crippen molar-refractivity contribution < 1.29 is 10.2 Å². The van der Waals surface area contributed by atoms with Crippen molar-refractivity contribution in [2.24, 2.45) is 0 Å². The van der Waals surface area contributed by atoms with Crippen LogP contribution in [0, 0.1) is 0 Å². The fourth-order valence-corrected chi connectivity index (χ4v) is 1.54. The maximum atomic E-state index is 9.32. The third kappa shape index (κ3) is 2.80. The van der Waals surface area contributed by atoms with E-state index in [1.807, 2.05) is 25.2 Å². The third-order valence-electron chi connectivity index (χ3n) is 2.06. The van der Waals surface area contributed by atoms with E-state index in [1.165, 1.54) is 0 Å². The highest BCUT2D eigenvalue weighted by atomic mass is 16.3. The van der Waals surface area contributed by atoms with Crippen molar-refractivity contribution >= 4 is 0 Å². The first-order chi connectivity index (χ1) is 5.72.